The summed E-state index contributed by atoms with van der Waals surface area (Å²) in [6.07, 6.45) is 5.30. The molecule has 33 heavy (non-hydrogen) atoms. The molecule has 2 aromatic rings. The fourth-order valence-corrected chi connectivity index (χ4v) is 6.46. The van der Waals surface area contributed by atoms with Gasteiger partial charge in [-0.2, -0.15) is 0 Å². The molecule has 1 unspecified atom stereocenters. The number of carboxylic acid groups (broad SMARTS) is 1. The van der Waals surface area contributed by atoms with E-state index in [9.17, 15) is 13.2 Å². The van der Waals surface area contributed by atoms with Crippen molar-refractivity contribution >= 4 is 27.2 Å². The number of hydrogen-bond donors (Lipinski definition) is 1. The lowest BCUT2D eigenvalue weighted by molar-refractivity contribution is -0.131. The number of hydrogen-bond acceptors (Lipinski definition) is 6. The van der Waals surface area contributed by atoms with Crippen molar-refractivity contribution in [2.45, 2.75) is 44.4 Å². The number of benzene rings is 2. The molecule has 1 atom stereocenters. The minimum absolute atomic E-state index is 0.0313. The van der Waals surface area contributed by atoms with Crippen LogP contribution >= 0.6 is 0 Å². The summed E-state index contributed by atoms with van der Waals surface area (Å²) in [6.45, 7) is 4.72. The van der Waals surface area contributed by atoms with Crippen LogP contribution in [0.5, 0.6) is 11.5 Å². The van der Waals surface area contributed by atoms with E-state index in [0.717, 1.165) is 43.7 Å². The summed E-state index contributed by atoms with van der Waals surface area (Å²) in [7, 11) is -2.21. The molecule has 178 valence electrons. The van der Waals surface area contributed by atoms with Gasteiger partial charge in [0.25, 0.3) is 0 Å². The Labute approximate surface area is 195 Å². The molecule has 1 aliphatic rings. The second kappa shape index (κ2) is 10.3. The van der Waals surface area contributed by atoms with Crippen molar-refractivity contribution in [3.05, 3.63) is 54.8 Å². The van der Waals surface area contributed by atoms with Gasteiger partial charge >= 0.3 is 5.97 Å². The van der Waals surface area contributed by atoms with E-state index in [1.54, 1.807) is 6.07 Å². The zero-order valence-electron chi connectivity index (χ0n) is 19.3. The SMILES string of the molecule is CCCCC1(CC)CN(c2ccccc2)c2cc(OC)c(O/C=C/C(=O)O)cc2S(=O)(=O)C1. The lowest BCUT2D eigenvalue weighted by Gasteiger charge is -2.36. The summed E-state index contributed by atoms with van der Waals surface area (Å²) >= 11 is 0. The van der Waals surface area contributed by atoms with Crippen LogP contribution in [-0.2, 0) is 14.6 Å². The Kier molecular flexibility index (Phi) is 7.68. The number of carboxylic acids is 1. The number of carbonyl (C=O) groups is 1. The third kappa shape index (κ3) is 5.50. The van der Waals surface area contributed by atoms with E-state index in [-0.39, 0.29) is 16.4 Å². The number of rotatable bonds is 9. The number of nitrogens with zero attached hydrogens (tertiary/aromatic N) is 1. The van der Waals surface area contributed by atoms with Gasteiger partial charge in [-0.15, -0.1) is 0 Å². The maximum absolute atomic E-state index is 13.7. The van der Waals surface area contributed by atoms with Crippen LogP contribution in [0.4, 0.5) is 11.4 Å². The highest BCUT2D eigenvalue weighted by atomic mass is 32.2. The molecule has 1 N–H and O–H groups in total. The van der Waals surface area contributed by atoms with Crippen LogP contribution in [0.1, 0.15) is 39.5 Å². The maximum atomic E-state index is 13.7. The molecule has 7 nitrogen and oxygen atoms in total. The van der Waals surface area contributed by atoms with E-state index >= 15 is 0 Å². The van der Waals surface area contributed by atoms with E-state index in [4.69, 9.17) is 14.6 Å². The summed E-state index contributed by atoms with van der Waals surface area (Å²) in [5.74, 6) is -0.681. The van der Waals surface area contributed by atoms with Gasteiger partial charge in [-0.3, -0.25) is 0 Å². The molecule has 1 heterocycles. The second-order valence-electron chi connectivity index (χ2n) is 8.37. The third-order valence-electron chi connectivity index (χ3n) is 6.14. The van der Waals surface area contributed by atoms with Crippen LogP contribution in [0.15, 0.2) is 59.7 Å². The first kappa shape index (κ1) is 24.6. The molecule has 0 amide bonds. The number of anilines is 2. The topological polar surface area (TPSA) is 93.1 Å². The molecular weight excluding hydrogens is 442 g/mol. The molecule has 8 heteroatoms. The Hall–Kier alpha value is -3.00. The van der Waals surface area contributed by atoms with Crippen LogP contribution < -0.4 is 14.4 Å². The highest BCUT2D eigenvalue weighted by Crippen LogP contribution is 2.47. The fraction of sp³-hybridized carbons (Fsp3) is 0.400. The number of methoxy groups -OCH3 is 1. The Morgan fingerprint density at radius 2 is 1.91 bits per heavy atom. The van der Waals surface area contributed by atoms with E-state index < -0.39 is 21.2 Å². The van der Waals surface area contributed by atoms with Gasteiger partial charge in [0.2, 0.25) is 0 Å². The summed E-state index contributed by atoms with van der Waals surface area (Å²) in [4.78, 5) is 13.0. The minimum atomic E-state index is -3.68. The van der Waals surface area contributed by atoms with Gasteiger partial charge in [-0.05, 0) is 25.0 Å². The molecular formula is C25H31NO6S. The first-order chi connectivity index (χ1) is 15.7. The van der Waals surface area contributed by atoms with Crippen molar-refractivity contribution in [1.82, 2.24) is 0 Å². The quantitative estimate of drug-likeness (QED) is 0.396. The van der Waals surface area contributed by atoms with Crippen molar-refractivity contribution in [2.75, 3.05) is 24.3 Å². The molecule has 1 aliphatic heterocycles. The fourth-order valence-electron chi connectivity index (χ4n) is 4.29. The van der Waals surface area contributed by atoms with Gasteiger partial charge < -0.3 is 19.5 Å². The molecule has 0 bridgehead atoms. The normalized spacial score (nSPS) is 19.7. The Morgan fingerprint density at radius 1 is 1.18 bits per heavy atom. The number of unbranched alkanes of at least 4 members (excludes halogenated alkanes) is 1. The first-order valence-electron chi connectivity index (χ1n) is 11.1. The van der Waals surface area contributed by atoms with E-state index in [2.05, 4.69) is 18.7 Å². The molecule has 0 fully saturated rings. The van der Waals surface area contributed by atoms with Gasteiger partial charge in [-0.1, -0.05) is 44.9 Å². The van der Waals surface area contributed by atoms with Crippen molar-refractivity contribution in [3.63, 3.8) is 0 Å². The number of aliphatic carboxylic acids is 1. The largest absolute Gasteiger partial charge is 0.493 e. The van der Waals surface area contributed by atoms with Gasteiger partial charge in [0.15, 0.2) is 21.3 Å². The van der Waals surface area contributed by atoms with E-state index in [1.807, 2.05) is 30.3 Å². The predicted octanol–water partition coefficient (Wildman–Crippen LogP) is 5.18. The highest BCUT2D eigenvalue weighted by molar-refractivity contribution is 7.91. The van der Waals surface area contributed by atoms with Crippen molar-refractivity contribution in [3.8, 4) is 11.5 Å². The highest BCUT2D eigenvalue weighted by Gasteiger charge is 2.42. The predicted molar refractivity (Wildman–Crippen MR) is 128 cm³/mol. The molecule has 0 saturated carbocycles. The lowest BCUT2D eigenvalue weighted by atomic mass is 9.81. The molecule has 3 rings (SSSR count). The average Bonchev–Trinajstić information content (AvgIpc) is 2.90. The van der Waals surface area contributed by atoms with Crippen LogP contribution in [-0.4, -0.2) is 38.9 Å². The van der Waals surface area contributed by atoms with Crippen LogP contribution in [0.25, 0.3) is 0 Å². The van der Waals surface area contributed by atoms with Gasteiger partial charge in [0, 0.05) is 29.8 Å². The lowest BCUT2D eigenvalue weighted by Crippen LogP contribution is -2.37. The molecule has 0 saturated heterocycles. The van der Waals surface area contributed by atoms with E-state index in [0.29, 0.717) is 18.0 Å². The Bertz CT molecular complexity index is 1110. The summed E-state index contributed by atoms with van der Waals surface area (Å²) in [5, 5.41) is 8.85. The monoisotopic (exact) mass is 473 g/mol. The van der Waals surface area contributed by atoms with E-state index in [1.165, 1.54) is 13.2 Å². The van der Waals surface area contributed by atoms with Crippen molar-refractivity contribution in [1.29, 1.82) is 0 Å². The van der Waals surface area contributed by atoms with Crippen LogP contribution in [0.3, 0.4) is 0 Å². The Morgan fingerprint density at radius 3 is 2.52 bits per heavy atom. The summed E-state index contributed by atoms with van der Waals surface area (Å²) < 4.78 is 38.3. The number of ether oxygens (including phenoxy) is 2. The Balaban J connectivity index is 2.22. The zero-order valence-corrected chi connectivity index (χ0v) is 20.1. The average molecular weight is 474 g/mol. The third-order valence-corrected chi connectivity index (χ3v) is 8.13. The first-order valence-corrected chi connectivity index (χ1v) is 12.7. The van der Waals surface area contributed by atoms with Crippen molar-refractivity contribution in [2.24, 2.45) is 5.41 Å². The summed E-state index contributed by atoms with van der Waals surface area (Å²) in [5.41, 5.74) is 1.01. The molecule has 0 spiro atoms. The van der Waals surface area contributed by atoms with Gasteiger partial charge in [0.1, 0.15) is 0 Å². The van der Waals surface area contributed by atoms with Crippen molar-refractivity contribution < 1.29 is 27.8 Å². The smallest absolute Gasteiger partial charge is 0.331 e. The molecule has 0 aliphatic carbocycles. The number of para-hydroxylation sites is 1. The van der Waals surface area contributed by atoms with Crippen LogP contribution in [0, 0.1) is 5.41 Å². The maximum Gasteiger partial charge on any atom is 0.331 e. The molecule has 0 radical (unpaired) electrons. The van der Waals surface area contributed by atoms with Gasteiger partial charge in [0.05, 0.1) is 35.8 Å². The summed E-state index contributed by atoms with van der Waals surface area (Å²) in [6, 6.07) is 12.8. The number of fused-ring (bicyclic) bond motifs is 1. The van der Waals surface area contributed by atoms with Crippen LogP contribution in [0.2, 0.25) is 0 Å². The standard InChI is InChI=1S/C25H31NO6S/c1-4-6-13-25(5-2)17-26(19-10-8-7-9-11-19)20-15-21(31-3)22(32-14-12-24(27)28)16-23(20)33(29,30)18-25/h7-12,14-16H,4-6,13,17-18H2,1-3H3,(H,27,28)/b14-12+. The molecule has 0 aromatic heterocycles. The second-order valence-corrected chi connectivity index (χ2v) is 10.3. The number of sulfone groups is 1. The minimum Gasteiger partial charge on any atom is -0.493 e. The molecule has 2 aromatic carbocycles. The zero-order chi connectivity index (χ0) is 24.1. The van der Waals surface area contributed by atoms with Gasteiger partial charge in [-0.25, -0.2) is 13.2 Å².